The highest BCUT2D eigenvalue weighted by Gasteiger charge is 1.98. The molecule has 0 saturated carbocycles. The molecule has 1 N–H and O–H groups in total. The van der Waals surface area contributed by atoms with E-state index in [4.69, 9.17) is 11.6 Å². The topological polar surface area (TPSA) is 37.8 Å². The van der Waals surface area contributed by atoms with Crippen molar-refractivity contribution >= 4 is 39.6 Å². The van der Waals surface area contributed by atoms with Gasteiger partial charge in [-0.25, -0.2) is 4.98 Å². The number of halogens is 1. The molecule has 6 heteroatoms. The van der Waals surface area contributed by atoms with Crippen LogP contribution in [0.25, 0.3) is 0 Å². The lowest BCUT2D eigenvalue weighted by atomic mass is 10.3. The Morgan fingerprint density at radius 2 is 2.36 bits per heavy atom. The van der Waals surface area contributed by atoms with Crippen molar-refractivity contribution in [1.82, 2.24) is 9.36 Å². The van der Waals surface area contributed by atoms with Gasteiger partial charge in [0.1, 0.15) is 6.33 Å². The Bertz CT molecular complexity index is 385. The quantitative estimate of drug-likeness (QED) is 0.900. The van der Waals surface area contributed by atoms with Crippen molar-refractivity contribution in [3.63, 3.8) is 0 Å². The van der Waals surface area contributed by atoms with Crippen LogP contribution in [0.3, 0.4) is 0 Å². The SMILES string of the molecule is Clc1ccc(CCNc2ncns2)s1. The van der Waals surface area contributed by atoms with Crippen molar-refractivity contribution in [2.75, 3.05) is 11.9 Å². The highest BCUT2D eigenvalue weighted by Crippen LogP contribution is 2.21. The number of hydrogen-bond donors (Lipinski definition) is 1. The lowest BCUT2D eigenvalue weighted by Crippen LogP contribution is -2.02. The van der Waals surface area contributed by atoms with Gasteiger partial charge in [0.15, 0.2) is 0 Å². The van der Waals surface area contributed by atoms with Crippen molar-refractivity contribution in [3.8, 4) is 0 Å². The van der Waals surface area contributed by atoms with Gasteiger partial charge in [0.2, 0.25) is 5.13 Å². The van der Waals surface area contributed by atoms with E-state index in [1.807, 2.05) is 6.07 Å². The normalized spacial score (nSPS) is 10.4. The predicted octanol–water partition coefficient (Wildman–Crippen LogP) is 2.91. The highest BCUT2D eigenvalue weighted by atomic mass is 35.5. The lowest BCUT2D eigenvalue weighted by molar-refractivity contribution is 1.04. The maximum atomic E-state index is 5.82. The van der Waals surface area contributed by atoms with Crippen molar-refractivity contribution in [2.45, 2.75) is 6.42 Å². The molecule has 0 atom stereocenters. The molecular weight excluding hydrogens is 238 g/mol. The Kier molecular flexibility index (Phi) is 3.34. The first-order valence-electron chi connectivity index (χ1n) is 4.09. The van der Waals surface area contributed by atoms with Crippen LogP contribution in [-0.2, 0) is 6.42 Å². The third-order valence-corrected chi connectivity index (χ3v) is 3.55. The predicted molar refractivity (Wildman–Crippen MR) is 61.4 cm³/mol. The minimum atomic E-state index is 0.843. The molecule has 2 heterocycles. The Labute approximate surface area is 94.9 Å². The minimum Gasteiger partial charge on any atom is -0.360 e. The molecule has 0 fully saturated rings. The molecule has 0 radical (unpaired) electrons. The van der Waals surface area contributed by atoms with Crippen molar-refractivity contribution in [3.05, 3.63) is 27.7 Å². The molecule has 2 rings (SSSR count). The number of thiophene rings is 1. The molecule has 2 aromatic rings. The zero-order valence-electron chi connectivity index (χ0n) is 7.24. The van der Waals surface area contributed by atoms with Gasteiger partial charge in [-0.2, -0.15) is 4.37 Å². The second-order valence-electron chi connectivity index (χ2n) is 2.63. The third kappa shape index (κ3) is 2.67. The number of nitrogens with one attached hydrogen (secondary N) is 1. The van der Waals surface area contributed by atoms with Gasteiger partial charge in [-0.3, -0.25) is 0 Å². The largest absolute Gasteiger partial charge is 0.360 e. The van der Waals surface area contributed by atoms with Crippen LogP contribution in [0, 0.1) is 0 Å². The molecule has 0 aliphatic heterocycles. The summed E-state index contributed by atoms with van der Waals surface area (Å²) in [7, 11) is 0. The summed E-state index contributed by atoms with van der Waals surface area (Å²) in [4.78, 5) is 5.31. The second kappa shape index (κ2) is 4.72. The molecule has 0 bridgehead atoms. The van der Waals surface area contributed by atoms with E-state index in [0.29, 0.717) is 0 Å². The highest BCUT2D eigenvalue weighted by molar-refractivity contribution is 7.16. The van der Waals surface area contributed by atoms with Gasteiger partial charge in [0.25, 0.3) is 0 Å². The van der Waals surface area contributed by atoms with E-state index in [9.17, 15) is 0 Å². The van der Waals surface area contributed by atoms with Crippen molar-refractivity contribution in [1.29, 1.82) is 0 Å². The molecule has 0 aliphatic carbocycles. The fraction of sp³-hybridized carbons (Fsp3) is 0.250. The lowest BCUT2D eigenvalue weighted by Gasteiger charge is -1.98. The summed E-state index contributed by atoms with van der Waals surface area (Å²) in [6, 6.07) is 3.97. The van der Waals surface area contributed by atoms with Crippen LogP contribution in [0.2, 0.25) is 4.34 Å². The molecule has 0 aromatic carbocycles. The molecule has 0 saturated heterocycles. The van der Waals surface area contributed by atoms with Gasteiger partial charge in [-0.1, -0.05) is 11.6 Å². The maximum absolute atomic E-state index is 5.82. The number of rotatable bonds is 4. The van der Waals surface area contributed by atoms with Gasteiger partial charge in [-0.05, 0) is 18.6 Å². The molecule has 3 nitrogen and oxygen atoms in total. The van der Waals surface area contributed by atoms with Crippen LogP contribution in [0.15, 0.2) is 18.5 Å². The number of hydrogen-bond acceptors (Lipinski definition) is 5. The van der Waals surface area contributed by atoms with E-state index < -0.39 is 0 Å². The standard InChI is InChI=1S/C8H8ClN3S2/c9-7-2-1-6(13-7)3-4-10-8-11-5-12-14-8/h1-2,5H,3-4H2,(H,10,11,12). The van der Waals surface area contributed by atoms with Crippen LogP contribution in [0.4, 0.5) is 5.13 Å². The van der Waals surface area contributed by atoms with E-state index >= 15 is 0 Å². The number of aromatic nitrogens is 2. The van der Waals surface area contributed by atoms with Gasteiger partial charge < -0.3 is 5.32 Å². The molecule has 2 aromatic heterocycles. The summed E-state index contributed by atoms with van der Waals surface area (Å²) in [5.41, 5.74) is 0. The van der Waals surface area contributed by atoms with Gasteiger partial charge in [0.05, 0.1) is 4.34 Å². The smallest absolute Gasteiger partial charge is 0.202 e. The van der Waals surface area contributed by atoms with Crippen LogP contribution in [-0.4, -0.2) is 15.9 Å². The molecule has 0 unspecified atom stereocenters. The molecule has 0 spiro atoms. The summed E-state index contributed by atoms with van der Waals surface area (Å²) in [5, 5.41) is 4.06. The molecule has 0 amide bonds. The monoisotopic (exact) mass is 245 g/mol. The van der Waals surface area contributed by atoms with E-state index in [1.54, 1.807) is 17.7 Å². The van der Waals surface area contributed by atoms with E-state index in [-0.39, 0.29) is 0 Å². The Balaban J connectivity index is 1.78. The third-order valence-electron chi connectivity index (χ3n) is 1.64. The minimum absolute atomic E-state index is 0.843. The number of anilines is 1. The molecule has 74 valence electrons. The summed E-state index contributed by atoms with van der Waals surface area (Å²) < 4.78 is 4.74. The van der Waals surface area contributed by atoms with Gasteiger partial charge >= 0.3 is 0 Å². The van der Waals surface area contributed by atoms with Crippen LogP contribution >= 0.6 is 34.5 Å². The zero-order valence-corrected chi connectivity index (χ0v) is 9.62. The first-order chi connectivity index (χ1) is 6.84. The summed E-state index contributed by atoms with van der Waals surface area (Å²) >= 11 is 8.80. The van der Waals surface area contributed by atoms with E-state index in [1.165, 1.54) is 16.4 Å². The van der Waals surface area contributed by atoms with Gasteiger partial charge in [-0.15, -0.1) is 11.3 Å². The number of nitrogens with zero attached hydrogens (tertiary/aromatic N) is 2. The molecule has 14 heavy (non-hydrogen) atoms. The average Bonchev–Trinajstić information content (AvgIpc) is 2.77. The first kappa shape index (κ1) is 9.89. The summed E-state index contributed by atoms with van der Waals surface area (Å²) in [6.07, 6.45) is 2.52. The Hall–Kier alpha value is -0.650. The van der Waals surface area contributed by atoms with Gasteiger partial charge in [0, 0.05) is 23.0 Å². The molecular formula is C8H8ClN3S2. The van der Waals surface area contributed by atoms with Crippen LogP contribution < -0.4 is 5.32 Å². The Morgan fingerprint density at radius 1 is 1.43 bits per heavy atom. The zero-order chi connectivity index (χ0) is 9.80. The maximum Gasteiger partial charge on any atom is 0.202 e. The van der Waals surface area contributed by atoms with Crippen LogP contribution in [0.1, 0.15) is 4.88 Å². The first-order valence-corrected chi connectivity index (χ1v) is 6.06. The summed E-state index contributed by atoms with van der Waals surface area (Å²) in [5.74, 6) is 0. The van der Waals surface area contributed by atoms with Crippen LogP contribution in [0.5, 0.6) is 0 Å². The fourth-order valence-corrected chi connectivity index (χ4v) is 2.57. The summed E-state index contributed by atoms with van der Waals surface area (Å²) in [6.45, 7) is 0.867. The van der Waals surface area contributed by atoms with E-state index in [0.717, 1.165) is 22.4 Å². The fourth-order valence-electron chi connectivity index (χ4n) is 1.03. The van der Waals surface area contributed by atoms with Crippen molar-refractivity contribution < 1.29 is 0 Å². The Morgan fingerprint density at radius 3 is 3.00 bits per heavy atom. The molecule has 0 aliphatic rings. The average molecular weight is 246 g/mol. The van der Waals surface area contributed by atoms with E-state index in [2.05, 4.69) is 20.7 Å². The second-order valence-corrected chi connectivity index (χ2v) is 5.21. The van der Waals surface area contributed by atoms with Crippen molar-refractivity contribution in [2.24, 2.45) is 0 Å².